The SMILES string of the molecule is CCOc1ccccc1C=CC(=O)Nc1sc2c(c1C#N)CCN(C(=O)OC(C)(C)C)C2. The second kappa shape index (κ2) is 9.88. The predicted molar refractivity (Wildman–Crippen MR) is 125 cm³/mol. The highest BCUT2D eigenvalue weighted by Gasteiger charge is 2.29. The summed E-state index contributed by atoms with van der Waals surface area (Å²) < 4.78 is 11.0. The van der Waals surface area contributed by atoms with Gasteiger partial charge in [0.1, 0.15) is 22.4 Å². The van der Waals surface area contributed by atoms with E-state index in [4.69, 9.17) is 9.47 Å². The Labute approximate surface area is 192 Å². The third-order valence-corrected chi connectivity index (χ3v) is 5.82. The van der Waals surface area contributed by atoms with Crippen molar-refractivity contribution >= 4 is 34.4 Å². The van der Waals surface area contributed by atoms with Crippen LogP contribution >= 0.6 is 11.3 Å². The molecule has 8 heteroatoms. The Morgan fingerprint density at radius 2 is 2.06 bits per heavy atom. The maximum absolute atomic E-state index is 12.5. The van der Waals surface area contributed by atoms with Gasteiger partial charge in [-0.15, -0.1) is 11.3 Å². The van der Waals surface area contributed by atoms with Crippen molar-refractivity contribution < 1.29 is 19.1 Å². The number of benzene rings is 1. The molecule has 2 aromatic rings. The molecule has 0 atom stereocenters. The van der Waals surface area contributed by atoms with Gasteiger partial charge in [0.25, 0.3) is 0 Å². The molecule has 2 heterocycles. The van der Waals surface area contributed by atoms with Crippen molar-refractivity contribution in [2.75, 3.05) is 18.5 Å². The molecule has 0 unspecified atom stereocenters. The van der Waals surface area contributed by atoms with Crippen LogP contribution in [0.4, 0.5) is 9.80 Å². The summed E-state index contributed by atoms with van der Waals surface area (Å²) >= 11 is 1.32. The molecule has 2 amide bonds. The van der Waals surface area contributed by atoms with Crippen LogP contribution < -0.4 is 10.1 Å². The van der Waals surface area contributed by atoms with Crippen molar-refractivity contribution in [3.63, 3.8) is 0 Å². The number of para-hydroxylation sites is 1. The lowest BCUT2D eigenvalue weighted by Gasteiger charge is -2.29. The molecule has 1 aliphatic heterocycles. The van der Waals surface area contributed by atoms with E-state index in [9.17, 15) is 14.9 Å². The minimum atomic E-state index is -0.573. The van der Waals surface area contributed by atoms with Gasteiger partial charge in [0.05, 0.1) is 18.7 Å². The van der Waals surface area contributed by atoms with Crippen LogP contribution in [0.3, 0.4) is 0 Å². The number of ether oxygens (including phenoxy) is 2. The number of anilines is 1. The van der Waals surface area contributed by atoms with Gasteiger partial charge in [0.15, 0.2) is 0 Å². The maximum Gasteiger partial charge on any atom is 0.410 e. The molecule has 1 aliphatic rings. The Hall–Kier alpha value is -3.31. The van der Waals surface area contributed by atoms with Crippen LogP contribution in [0.2, 0.25) is 0 Å². The second-order valence-corrected chi connectivity index (χ2v) is 9.37. The van der Waals surface area contributed by atoms with E-state index < -0.39 is 5.60 Å². The highest BCUT2D eigenvalue weighted by atomic mass is 32.1. The zero-order chi connectivity index (χ0) is 23.3. The molecule has 3 rings (SSSR count). The quantitative estimate of drug-likeness (QED) is 0.646. The molecule has 0 fully saturated rings. The number of fused-ring (bicyclic) bond motifs is 1. The van der Waals surface area contributed by atoms with Crippen LogP contribution in [0.25, 0.3) is 6.08 Å². The number of amides is 2. The first-order valence-corrected chi connectivity index (χ1v) is 11.3. The van der Waals surface area contributed by atoms with Gasteiger partial charge in [-0.2, -0.15) is 5.26 Å². The number of carbonyl (C=O) groups excluding carboxylic acids is 2. The van der Waals surface area contributed by atoms with E-state index in [0.29, 0.717) is 42.4 Å². The van der Waals surface area contributed by atoms with Crippen LogP contribution in [0.1, 0.15) is 49.3 Å². The van der Waals surface area contributed by atoms with E-state index in [1.165, 1.54) is 17.4 Å². The van der Waals surface area contributed by atoms with E-state index in [1.807, 2.05) is 52.0 Å². The fourth-order valence-corrected chi connectivity index (χ4v) is 4.53. The van der Waals surface area contributed by atoms with Crippen molar-refractivity contribution in [3.05, 3.63) is 51.9 Å². The van der Waals surface area contributed by atoms with Gasteiger partial charge >= 0.3 is 6.09 Å². The molecule has 1 aromatic carbocycles. The largest absolute Gasteiger partial charge is 0.493 e. The minimum Gasteiger partial charge on any atom is -0.493 e. The first-order chi connectivity index (χ1) is 15.2. The van der Waals surface area contributed by atoms with E-state index in [0.717, 1.165) is 16.0 Å². The Kier molecular flexibility index (Phi) is 7.21. The summed E-state index contributed by atoms with van der Waals surface area (Å²) in [5, 5.41) is 13.0. The van der Waals surface area contributed by atoms with E-state index in [-0.39, 0.29) is 12.0 Å². The summed E-state index contributed by atoms with van der Waals surface area (Å²) in [7, 11) is 0. The highest BCUT2D eigenvalue weighted by Crippen LogP contribution is 2.37. The lowest BCUT2D eigenvalue weighted by molar-refractivity contribution is -0.111. The van der Waals surface area contributed by atoms with Gasteiger partial charge in [-0.1, -0.05) is 18.2 Å². The number of carbonyl (C=O) groups is 2. The topological polar surface area (TPSA) is 91.7 Å². The van der Waals surface area contributed by atoms with Crippen molar-refractivity contribution in [1.29, 1.82) is 5.26 Å². The summed E-state index contributed by atoms with van der Waals surface area (Å²) in [5.41, 5.74) is 1.57. The molecular weight excluding hydrogens is 426 g/mol. The third kappa shape index (κ3) is 5.68. The number of nitrogens with zero attached hydrogens (tertiary/aromatic N) is 2. The van der Waals surface area contributed by atoms with Crippen molar-refractivity contribution in [1.82, 2.24) is 4.90 Å². The first kappa shape index (κ1) is 23.4. The Bertz CT molecular complexity index is 1080. The van der Waals surface area contributed by atoms with Crippen LogP contribution in [-0.2, 0) is 22.5 Å². The third-order valence-electron chi connectivity index (χ3n) is 4.69. The fraction of sp³-hybridized carbons (Fsp3) is 0.375. The van der Waals surface area contributed by atoms with Crippen LogP contribution in [0, 0.1) is 11.3 Å². The zero-order valence-corrected chi connectivity index (χ0v) is 19.5. The minimum absolute atomic E-state index is 0.338. The number of hydrogen-bond acceptors (Lipinski definition) is 6. The fourth-order valence-electron chi connectivity index (χ4n) is 3.32. The lowest BCUT2D eigenvalue weighted by Crippen LogP contribution is -2.39. The number of nitrogens with one attached hydrogen (secondary N) is 1. The van der Waals surface area contributed by atoms with Gasteiger partial charge in [0, 0.05) is 23.1 Å². The number of thiophene rings is 1. The highest BCUT2D eigenvalue weighted by molar-refractivity contribution is 7.16. The number of nitriles is 1. The molecule has 0 radical (unpaired) electrons. The summed E-state index contributed by atoms with van der Waals surface area (Å²) in [6, 6.07) is 9.67. The molecule has 0 saturated heterocycles. The van der Waals surface area contributed by atoms with E-state index in [1.54, 1.807) is 11.0 Å². The molecule has 0 saturated carbocycles. The van der Waals surface area contributed by atoms with Crippen LogP contribution in [0.5, 0.6) is 5.75 Å². The predicted octanol–water partition coefficient (Wildman–Crippen LogP) is 4.96. The molecule has 1 aromatic heterocycles. The van der Waals surface area contributed by atoms with Gasteiger partial charge in [-0.3, -0.25) is 4.79 Å². The Morgan fingerprint density at radius 3 is 2.75 bits per heavy atom. The summed E-state index contributed by atoms with van der Waals surface area (Å²) in [6.07, 6.45) is 3.27. The van der Waals surface area contributed by atoms with Crippen molar-refractivity contribution in [3.8, 4) is 11.8 Å². The molecule has 0 spiro atoms. The van der Waals surface area contributed by atoms with Gasteiger partial charge < -0.3 is 19.7 Å². The van der Waals surface area contributed by atoms with Crippen LogP contribution in [0.15, 0.2) is 30.3 Å². The monoisotopic (exact) mass is 453 g/mol. The zero-order valence-electron chi connectivity index (χ0n) is 18.7. The number of hydrogen-bond donors (Lipinski definition) is 1. The van der Waals surface area contributed by atoms with Crippen LogP contribution in [-0.4, -0.2) is 35.7 Å². The van der Waals surface area contributed by atoms with E-state index >= 15 is 0 Å². The average molecular weight is 454 g/mol. The van der Waals surface area contributed by atoms with Gasteiger partial charge in [0.2, 0.25) is 5.91 Å². The maximum atomic E-state index is 12.5. The van der Waals surface area contributed by atoms with Crippen molar-refractivity contribution in [2.24, 2.45) is 0 Å². The summed E-state index contributed by atoms with van der Waals surface area (Å²) in [6.45, 7) is 8.74. The molecule has 32 heavy (non-hydrogen) atoms. The molecule has 7 nitrogen and oxygen atoms in total. The first-order valence-electron chi connectivity index (χ1n) is 10.4. The molecule has 0 bridgehead atoms. The molecular formula is C24H27N3O4S. The standard InChI is InChI=1S/C24H27N3O4S/c1-5-30-19-9-7-6-8-16(19)10-11-21(28)26-22-18(14-25)17-12-13-27(15-20(17)32-22)23(29)31-24(2,3)4/h6-11H,5,12-13,15H2,1-4H3,(H,26,28). The molecule has 0 aliphatic carbocycles. The molecule has 168 valence electrons. The van der Waals surface area contributed by atoms with Crippen molar-refractivity contribution in [2.45, 2.75) is 46.3 Å². The smallest absolute Gasteiger partial charge is 0.410 e. The normalized spacial score (nSPS) is 13.4. The lowest BCUT2D eigenvalue weighted by atomic mass is 10.0. The molecule has 1 N–H and O–H groups in total. The van der Waals surface area contributed by atoms with Gasteiger partial charge in [-0.25, -0.2) is 4.79 Å². The Balaban J connectivity index is 1.73. The van der Waals surface area contributed by atoms with E-state index in [2.05, 4.69) is 11.4 Å². The number of rotatable bonds is 5. The summed E-state index contributed by atoms with van der Waals surface area (Å²) in [5.74, 6) is 0.362. The second-order valence-electron chi connectivity index (χ2n) is 8.27. The summed E-state index contributed by atoms with van der Waals surface area (Å²) in [4.78, 5) is 27.5. The van der Waals surface area contributed by atoms with Gasteiger partial charge in [-0.05, 0) is 51.8 Å². The average Bonchev–Trinajstić information content (AvgIpc) is 3.08. The Morgan fingerprint density at radius 1 is 1.31 bits per heavy atom.